The Hall–Kier alpha value is -0.107. The van der Waals surface area contributed by atoms with Gasteiger partial charge in [-0.25, -0.2) is 0 Å². The van der Waals surface area contributed by atoms with Crippen LogP contribution in [0.25, 0.3) is 10.4 Å². The maximum atomic E-state index is 4.39. The standard InChI is InChI=1S/C10H8S2.Zn/c11-9-5-2-1-4-8(9)10-6-3-7-12-10;/h1-7,11H;. The van der Waals surface area contributed by atoms with Gasteiger partial charge in [0.1, 0.15) is 0 Å². The summed E-state index contributed by atoms with van der Waals surface area (Å²) in [6.45, 7) is 0. The summed E-state index contributed by atoms with van der Waals surface area (Å²) in [4.78, 5) is 2.32. The minimum Gasteiger partial charge on any atom is -0.144 e. The Balaban J connectivity index is 0.000000845. The van der Waals surface area contributed by atoms with Gasteiger partial charge in [-0.05, 0) is 17.5 Å². The van der Waals surface area contributed by atoms with E-state index in [-0.39, 0.29) is 19.5 Å². The number of thiol groups is 1. The van der Waals surface area contributed by atoms with E-state index in [1.807, 2.05) is 18.2 Å². The molecule has 3 heteroatoms. The predicted octanol–water partition coefficient (Wildman–Crippen LogP) is 3.70. The summed E-state index contributed by atoms with van der Waals surface area (Å²) < 4.78 is 0. The van der Waals surface area contributed by atoms with Gasteiger partial charge in [-0.1, -0.05) is 24.3 Å². The van der Waals surface area contributed by atoms with Crippen LogP contribution in [-0.2, 0) is 19.5 Å². The first-order valence-corrected chi connectivity index (χ1v) is 5.02. The van der Waals surface area contributed by atoms with Crippen molar-refractivity contribution in [2.45, 2.75) is 4.90 Å². The number of thiophene rings is 1. The van der Waals surface area contributed by atoms with Gasteiger partial charge in [0.05, 0.1) is 0 Å². The summed E-state index contributed by atoms with van der Waals surface area (Å²) in [5, 5.41) is 2.08. The van der Waals surface area contributed by atoms with Gasteiger partial charge >= 0.3 is 0 Å². The molecule has 0 saturated carbocycles. The van der Waals surface area contributed by atoms with Crippen LogP contribution in [0.1, 0.15) is 0 Å². The van der Waals surface area contributed by atoms with Crippen LogP contribution in [-0.4, -0.2) is 0 Å². The number of hydrogen-bond donors (Lipinski definition) is 1. The van der Waals surface area contributed by atoms with E-state index < -0.39 is 0 Å². The molecule has 1 aromatic carbocycles. The van der Waals surface area contributed by atoms with E-state index in [9.17, 15) is 0 Å². The molecule has 0 radical (unpaired) electrons. The second-order valence-electron chi connectivity index (χ2n) is 2.49. The Morgan fingerprint density at radius 3 is 2.38 bits per heavy atom. The van der Waals surface area contributed by atoms with Gasteiger partial charge in [-0.3, -0.25) is 0 Å². The zero-order valence-corrected chi connectivity index (χ0v) is 11.8. The first kappa shape index (κ1) is 11.0. The topological polar surface area (TPSA) is 0 Å². The smallest absolute Gasteiger partial charge is 0.0353 e. The van der Waals surface area contributed by atoms with E-state index in [0.717, 1.165) is 4.90 Å². The third-order valence-corrected chi connectivity index (χ3v) is 2.98. The molecule has 0 amide bonds. The molecule has 0 aliphatic heterocycles. The van der Waals surface area contributed by atoms with Gasteiger partial charge in [0, 0.05) is 34.8 Å². The molecule has 0 aliphatic rings. The third kappa shape index (κ3) is 2.43. The van der Waals surface area contributed by atoms with Crippen molar-refractivity contribution in [3.05, 3.63) is 41.8 Å². The number of rotatable bonds is 1. The average Bonchev–Trinajstić information content (AvgIpc) is 2.57. The monoisotopic (exact) mass is 256 g/mol. The molecule has 0 nitrogen and oxygen atoms in total. The quantitative estimate of drug-likeness (QED) is 0.584. The summed E-state index contributed by atoms with van der Waals surface area (Å²) in [6, 6.07) is 12.3. The fourth-order valence-corrected chi connectivity index (χ4v) is 2.24. The molecular weight excluding hydrogens is 250 g/mol. The molecule has 0 atom stereocenters. The molecule has 0 spiro atoms. The molecule has 1 aromatic heterocycles. The van der Waals surface area contributed by atoms with Crippen molar-refractivity contribution in [1.82, 2.24) is 0 Å². The van der Waals surface area contributed by atoms with Crippen LogP contribution in [0.5, 0.6) is 0 Å². The van der Waals surface area contributed by atoms with Crippen LogP contribution >= 0.6 is 24.0 Å². The molecule has 0 aliphatic carbocycles. The SMILES string of the molecule is Sc1ccccc1-c1cccs1.[Zn]. The van der Waals surface area contributed by atoms with E-state index >= 15 is 0 Å². The van der Waals surface area contributed by atoms with Crippen molar-refractivity contribution in [3.8, 4) is 10.4 Å². The Morgan fingerprint density at radius 2 is 1.77 bits per heavy atom. The second-order valence-corrected chi connectivity index (χ2v) is 3.92. The number of hydrogen-bond acceptors (Lipinski definition) is 2. The fourth-order valence-electron chi connectivity index (χ4n) is 1.11. The Morgan fingerprint density at radius 1 is 1.00 bits per heavy atom. The molecule has 0 fully saturated rings. The zero-order valence-electron chi connectivity index (χ0n) is 7.10. The van der Waals surface area contributed by atoms with Crippen molar-refractivity contribution in [2.75, 3.05) is 0 Å². The Kier molecular flexibility index (Phi) is 4.17. The molecule has 0 saturated heterocycles. The molecule has 13 heavy (non-hydrogen) atoms. The van der Waals surface area contributed by atoms with E-state index in [2.05, 4.69) is 36.2 Å². The third-order valence-electron chi connectivity index (χ3n) is 1.69. The Labute approximate surface area is 100 Å². The summed E-state index contributed by atoms with van der Waals surface area (Å²) in [7, 11) is 0. The van der Waals surface area contributed by atoms with Gasteiger partial charge in [-0.15, -0.1) is 24.0 Å². The summed E-state index contributed by atoms with van der Waals surface area (Å²) in [6.07, 6.45) is 0. The van der Waals surface area contributed by atoms with Gasteiger partial charge < -0.3 is 0 Å². The largest absolute Gasteiger partial charge is 0.144 e. The average molecular weight is 258 g/mol. The molecule has 2 rings (SSSR count). The summed E-state index contributed by atoms with van der Waals surface area (Å²) >= 11 is 6.13. The molecule has 0 N–H and O–H groups in total. The van der Waals surface area contributed by atoms with Gasteiger partial charge in [0.15, 0.2) is 0 Å². The normalized spacial score (nSPS) is 9.31. The first-order valence-electron chi connectivity index (χ1n) is 3.70. The van der Waals surface area contributed by atoms with E-state index in [0.29, 0.717) is 0 Å². The minimum absolute atomic E-state index is 0. The van der Waals surface area contributed by atoms with Crippen LogP contribution in [0, 0.1) is 0 Å². The predicted molar refractivity (Wildman–Crippen MR) is 57.0 cm³/mol. The van der Waals surface area contributed by atoms with E-state index in [4.69, 9.17) is 0 Å². The summed E-state index contributed by atoms with van der Waals surface area (Å²) in [5.74, 6) is 0. The maximum Gasteiger partial charge on any atom is 0.0353 e. The maximum absolute atomic E-state index is 4.39. The van der Waals surface area contributed by atoms with Crippen LogP contribution in [0.4, 0.5) is 0 Å². The molecule has 1 heterocycles. The Bertz CT molecular complexity index is 368. The fraction of sp³-hybridized carbons (Fsp3) is 0. The van der Waals surface area contributed by atoms with Gasteiger partial charge in [0.25, 0.3) is 0 Å². The van der Waals surface area contributed by atoms with Crippen molar-refractivity contribution < 1.29 is 19.5 Å². The van der Waals surface area contributed by atoms with Gasteiger partial charge in [0.2, 0.25) is 0 Å². The van der Waals surface area contributed by atoms with Crippen molar-refractivity contribution in [2.24, 2.45) is 0 Å². The molecule has 0 bridgehead atoms. The van der Waals surface area contributed by atoms with Crippen LogP contribution in [0.2, 0.25) is 0 Å². The molecule has 62 valence electrons. The number of benzene rings is 1. The van der Waals surface area contributed by atoms with E-state index in [1.165, 1.54) is 10.4 Å². The minimum atomic E-state index is 0. The second kappa shape index (κ2) is 4.95. The zero-order chi connectivity index (χ0) is 8.39. The molecule has 0 unspecified atom stereocenters. The summed E-state index contributed by atoms with van der Waals surface area (Å²) in [5.41, 5.74) is 1.22. The molecular formula is C10H8S2Zn. The van der Waals surface area contributed by atoms with Crippen molar-refractivity contribution in [1.29, 1.82) is 0 Å². The first-order chi connectivity index (χ1) is 5.88. The molecule has 2 aromatic rings. The van der Waals surface area contributed by atoms with Crippen LogP contribution in [0.3, 0.4) is 0 Å². The van der Waals surface area contributed by atoms with Crippen molar-refractivity contribution >= 4 is 24.0 Å². The van der Waals surface area contributed by atoms with Crippen LogP contribution < -0.4 is 0 Å². The van der Waals surface area contributed by atoms with Crippen LogP contribution in [0.15, 0.2) is 46.7 Å². The van der Waals surface area contributed by atoms with E-state index in [1.54, 1.807) is 11.3 Å². The van der Waals surface area contributed by atoms with Crippen molar-refractivity contribution in [3.63, 3.8) is 0 Å². The van der Waals surface area contributed by atoms with Gasteiger partial charge in [-0.2, -0.15) is 0 Å².